The van der Waals surface area contributed by atoms with Gasteiger partial charge in [0.2, 0.25) is 0 Å². The smallest absolute Gasteiger partial charge is 0.410 e. The molecule has 0 fully saturated rings. The summed E-state index contributed by atoms with van der Waals surface area (Å²) in [5.41, 5.74) is 3.19. The maximum absolute atomic E-state index is 12.1. The summed E-state index contributed by atoms with van der Waals surface area (Å²) in [6.07, 6.45) is 2.32. The van der Waals surface area contributed by atoms with Crippen molar-refractivity contribution in [1.29, 1.82) is 0 Å². The van der Waals surface area contributed by atoms with E-state index < -0.39 is 0 Å². The van der Waals surface area contributed by atoms with Crippen molar-refractivity contribution in [1.82, 2.24) is 9.88 Å². The molecule has 4 heteroatoms. The number of fused-ring (bicyclic) bond motifs is 1. The summed E-state index contributed by atoms with van der Waals surface area (Å²) in [5, 5.41) is 0. The van der Waals surface area contributed by atoms with Gasteiger partial charge in [0.15, 0.2) is 0 Å². The van der Waals surface area contributed by atoms with Crippen molar-refractivity contribution in [2.24, 2.45) is 0 Å². The summed E-state index contributed by atoms with van der Waals surface area (Å²) >= 11 is 0. The molecular formula is C16H16N2O2. The van der Waals surface area contributed by atoms with E-state index in [1.807, 2.05) is 42.5 Å². The molecule has 0 saturated carbocycles. The van der Waals surface area contributed by atoms with Crippen LogP contribution in [0.1, 0.15) is 16.8 Å². The quantitative estimate of drug-likeness (QED) is 0.841. The lowest BCUT2D eigenvalue weighted by atomic mass is 10.1. The van der Waals surface area contributed by atoms with Crippen LogP contribution >= 0.6 is 0 Å². The lowest BCUT2D eigenvalue weighted by molar-refractivity contribution is 0.0916. The summed E-state index contributed by atoms with van der Waals surface area (Å²) in [4.78, 5) is 18.1. The second-order valence-electron chi connectivity index (χ2n) is 4.82. The molecule has 0 spiro atoms. The number of ether oxygens (including phenoxy) is 1. The Kier molecular flexibility index (Phi) is 3.63. The molecule has 1 aliphatic rings. The number of carbonyl (C=O) groups is 1. The van der Waals surface area contributed by atoms with Crippen molar-refractivity contribution in [2.45, 2.75) is 19.6 Å². The third-order valence-electron chi connectivity index (χ3n) is 3.43. The molecule has 20 heavy (non-hydrogen) atoms. The van der Waals surface area contributed by atoms with Gasteiger partial charge in [-0.15, -0.1) is 0 Å². The summed E-state index contributed by atoms with van der Waals surface area (Å²) in [6.45, 7) is 1.56. The molecule has 0 aliphatic carbocycles. The molecule has 1 aliphatic heterocycles. The maximum atomic E-state index is 12.1. The molecular weight excluding hydrogens is 252 g/mol. The first-order valence-corrected chi connectivity index (χ1v) is 6.71. The molecule has 1 amide bonds. The summed E-state index contributed by atoms with van der Waals surface area (Å²) < 4.78 is 5.35. The normalized spacial score (nSPS) is 13.7. The standard InChI is InChI=1S/C16H16N2O2/c19-16(20-12-13-5-2-1-3-6-13)18-10-8-15-14(11-18)7-4-9-17-15/h1-7,9H,8,10-12H2. The Labute approximate surface area is 118 Å². The Bertz CT molecular complexity index is 598. The topological polar surface area (TPSA) is 42.4 Å². The highest BCUT2D eigenvalue weighted by Gasteiger charge is 2.22. The molecule has 1 aromatic carbocycles. The Morgan fingerprint density at radius 1 is 1.20 bits per heavy atom. The minimum atomic E-state index is -0.261. The van der Waals surface area contributed by atoms with Crippen LogP contribution in [-0.4, -0.2) is 22.5 Å². The van der Waals surface area contributed by atoms with Crippen LogP contribution in [0.15, 0.2) is 48.7 Å². The molecule has 2 heterocycles. The average molecular weight is 268 g/mol. The number of benzene rings is 1. The number of hydrogen-bond donors (Lipinski definition) is 0. The molecule has 4 nitrogen and oxygen atoms in total. The predicted octanol–water partition coefficient (Wildman–Crippen LogP) is 2.78. The Balaban J connectivity index is 1.59. The fraction of sp³-hybridized carbons (Fsp3) is 0.250. The fourth-order valence-corrected chi connectivity index (χ4v) is 2.33. The van der Waals surface area contributed by atoms with Gasteiger partial charge in [-0.05, 0) is 17.2 Å². The molecule has 0 N–H and O–H groups in total. The van der Waals surface area contributed by atoms with Crippen LogP contribution in [0.5, 0.6) is 0 Å². The molecule has 0 bridgehead atoms. The van der Waals surface area contributed by atoms with Crippen LogP contribution in [0.4, 0.5) is 4.79 Å². The van der Waals surface area contributed by atoms with Crippen LogP contribution in [-0.2, 0) is 24.3 Å². The van der Waals surface area contributed by atoms with E-state index in [2.05, 4.69) is 4.98 Å². The van der Waals surface area contributed by atoms with Gasteiger partial charge in [0.25, 0.3) is 0 Å². The van der Waals surface area contributed by atoms with E-state index in [-0.39, 0.29) is 6.09 Å². The van der Waals surface area contributed by atoms with Crippen molar-refractivity contribution in [3.8, 4) is 0 Å². The van der Waals surface area contributed by atoms with Crippen molar-refractivity contribution in [3.63, 3.8) is 0 Å². The average Bonchev–Trinajstić information content (AvgIpc) is 2.53. The largest absolute Gasteiger partial charge is 0.445 e. The SMILES string of the molecule is O=C(OCc1ccccc1)N1CCc2ncccc2C1. The number of amides is 1. The lowest BCUT2D eigenvalue weighted by Gasteiger charge is -2.27. The highest BCUT2D eigenvalue weighted by molar-refractivity contribution is 5.68. The van der Waals surface area contributed by atoms with Gasteiger partial charge in [0.1, 0.15) is 6.61 Å². The Hall–Kier alpha value is -2.36. The van der Waals surface area contributed by atoms with Crippen molar-refractivity contribution in [3.05, 3.63) is 65.5 Å². The van der Waals surface area contributed by atoms with E-state index in [1.165, 1.54) is 0 Å². The number of hydrogen-bond acceptors (Lipinski definition) is 3. The first-order valence-electron chi connectivity index (χ1n) is 6.71. The van der Waals surface area contributed by atoms with Crippen LogP contribution < -0.4 is 0 Å². The van der Waals surface area contributed by atoms with Gasteiger partial charge in [-0.1, -0.05) is 36.4 Å². The minimum absolute atomic E-state index is 0.261. The highest BCUT2D eigenvalue weighted by atomic mass is 16.6. The number of pyridine rings is 1. The second kappa shape index (κ2) is 5.74. The van der Waals surface area contributed by atoms with Crippen LogP contribution in [0.2, 0.25) is 0 Å². The van der Waals surface area contributed by atoms with Crippen molar-refractivity contribution in [2.75, 3.05) is 6.54 Å². The third kappa shape index (κ3) is 2.79. The molecule has 1 aromatic heterocycles. The van der Waals surface area contributed by atoms with E-state index in [0.29, 0.717) is 19.7 Å². The van der Waals surface area contributed by atoms with Gasteiger partial charge < -0.3 is 9.64 Å². The van der Waals surface area contributed by atoms with Gasteiger partial charge in [0, 0.05) is 24.9 Å². The molecule has 3 rings (SSSR count). The molecule has 0 unspecified atom stereocenters. The van der Waals surface area contributed by atoms with E-state index in [0.717, 1.165) is 23.2 Å². The molecule has 0 atom stereocenters. The minimum Gasteiger partial charge on any atom is -0.445 e. The number of carbonyl (C=O) groups excluding carboxylic acids is 1. The monoisotopic (exact) mass is 268 g/mol. The summed E-state index contributed by atoms with van der Waals surface area (Å²) in [7, 11) is 0. The predicted molar refractivity (Wildman–Crippen MR) is 75.0 cm³/mol. The maximum Gasteiger partial charge on any atom is 0.410 e. The number of rotatable bonds is 2. The van der Waals surface area contributed by atoms with Gasteiger partial charge in [-0.3, -0.25) is 4.98 Å². The molecule has 0 saturated heterocycles. The van der Waals surface area contributed by atoms with Crippen molar-refractivity contribution < 1.29 is 9.53 Å². The van der Waals surface area contributed by atoms with Crippen LogP contribution in [0, 0.1) is 0 Å². The van der Waals surface area contributed by atoms with Gasteiger partial charge >= 0.3 is 6.09 Å². The van der Waals surface area contributed by atoms with Crippen molar-refractivity contribution >= 4 is 6.09 Å². The summed E-state index contributed by atoms with van der Waals surface area (Å²) in [6, 6.07) is 13.6. The summed E-state index contributed by atoms with van der Waals surface area (Å²) in [5.74, 6) is 0. The second-order valence-corrected chi connectivity index (χ2v) is 4.82. The van der Waals surface area contributed by atoms with E-state index in [9.17, 15) is 4.79 Å². The van der Waals surface area contributed by atoms with Crippen LogP contribution in [0.3, 0.4) is 0 Å². The highest BCUT2D eigenvalue weighted by Crippen LogP contribution is 2.17. The first kappa shape index (κ1) is 12.7. The molecule has 0 radical (unpaired) electrons. The van der Waals surface area contributed by atoms with E-state index in [4.69, 9.17) is 4.74 Å². The lowest BCUT2D eigenvalue weighted by Crippen LogP contribution is -2.36. The number of aromatic nitrogens is 1. The molecule has 102 valence electrons. The van der Waals surface area contributed by atoms with E-state index in [1.54, 1.807) is 11.1 Å². The van der Waals surface area contributed by atoms with E-state index >= 15 is 0 Å². The third-order valence-corrected chi connectivity index (χ3v) is 3.43. The van der Waals surface area contributed by atoms with Crippen LogP contribution in [0.25, 0.3) is 0 Å². The fourth-order valence-electron chi connectivity index (χ4n) is 2.33. The molecule has 2 aromatic rings. The van der Waals surface area contributed by atoms with Gasteiger partial charge in [-0.25, -0.2) is 4.79 Å². The zero-order chi connectivity index (χ0) is 13.8. The van der Waals surface area contributed by atoms with Gasteiger partial charge in [0.05, 0.1) is 6.54 Å². The van der Waals surface area contributed by atoms with Gasteiger partial charge in [-0.2, -0.15) is 0 Å². The zero-order valence-corrected chi connectivity index (χ0v) is 11.2. The number of nitrogens with zero attached hydrogens (tertiary/aromatic N) is 2. The zero-order valence-electron chi connectivity index (χ0n) is 11.2. The first-order chi connectivity index (χ1) is 9.83. The Morgan fingerprint density at radius 2 is 2.05 bits per heavy atom. The Morgan fingerprint density at radius 3 is 2.90 bits per heavy atom.